The molecule has 0 aromatic rings. The minimum atomic E-state index is 0.208. The summed E-state index contributed by atoms with van der Waals surface area (Å²) in [6.07, 6.45) is 23.2. The first-order chi connectivity index (χ1) is 14.6. The van der Waals surface area contributed by atoms with Gasteiger partial charge in [-0.2, -0.15) is 0 Å². The molecule has 9 aliphatic rings. The Hall–Kier alpha value is -0.730. The van der Waals surface area contributed by atoms with Crippen LogP contribution < -0.4 is 5.32 Å². The summed E-state index contributed by atoms with van der Waals surface area (Å²) in [5.74, 6) is 5.47. The van der Waals surface area contributed by atoms with Crippen molar-refractivity contribution in [3.63, 3.8) is 0 Å². The maximum atomic E-state index is 14.3. The van der Waals surface area contributed by atoms with Crippen molar-refractivity contribution in [1.29, 1.82) is 0 Å². The average molecular weight is 411 g/mol. The van der Waals surface area contributed by atoms with Crippen LogP contribution in [0.5, 0.6) is 0 Å². The summed E-state index contributed by atoms with van der Waals surface area (Å²) in [5.41, 5.74) is 0.415. The second-order valence-electron chi connectivity index (χ2n) is 13.4. The molecule has 0 saturated heterocycles. The van der Waals surface area contributed by atoms with E-state index in [0.29, 0.717) is 12.1 Å². The van der Waals surface area contributed by atoms with E-state index in [4.69, 9.17) is 0 Å². The molecule has 0 unspecified atom stereocenters. The Morgan fingerprint density at radius 1 is 0.600 bits per heavy atom. The Morgan fingerprint density at radius 3 is 1.33 bits per heavy atom. The predicted molar refractivity (Wildman–Crippen MR) is 119 cm³/mol. The van der Waals surface area contributed by atoms with E-state index < -0.39 is 0 Å². The molecule has 9 saturated carbocycles. The van der Waals surface area contributed by atoms with Gasteiger partial charge in [-0.3, -0.25) is 0 Å². The maximum absolute atomic E-state index is 14.3. The van der Waals surface area contributed by atoms with Crippen molar-refractivity contribution in [2.75, 3.05) is 0 Å². The Balaban J connectivity index is 1.25. The molecule has 1 N–H and O–H groups in total. The Morgan fingerprint density at radius 2 is 0.967 bits per heavy atom. The lowest BCUT2D eigenvalue weighted by Gasteiger charge is -2.68. The van der Waals surface area contributed by atoms with Crippen LogP contribution in [0.1, 0.15) is 109 Å². The van der Waals surface area contributed by atoms with Crippen LogP contribution in [0.4, 0.5) is 4.79 Å². The molecule has 0 radical (unpaired) electrons. The quantitative estimate of drug-likeness (QED) is 0.584. The number of amides is 2. The molecule has 8 bridgehead atoms. The van der Waals surface area contributed by atoms with Crippen LogP contribution in [-0.2, 0) is 0 Å². The van der Waals surface area contributed by atoms with Crippen LogP contribution >= 0.6 is 0 Å². The molecule has 0 aromatic heterocycles. The van der Waals surface area contributed by atoms with Crippen molar-refractivity contribution in [3.8, 4) is 0 Å². The minimum Gasteiger partial charge on any atom is -0.335 e. The van der Waals surface area contributed by atoms with Gasteiger partial charge in [0.15, 0.2) is 0 Å². The number of nitrogens with one attached hydrogen (secondary N) is 1. The highest BCUT2D eigenvalue weighted by molar-refractivity contribution is 5.77. The van der Waals surface area contributed by atoms with Crippen molar-refractivity contribution < 1.29 is 4.79 Å². The summed E-state index contributed by atoms with van der Waals surface area (Å²) in [6, 6.07) is 0.822. The molecule has 0 spiro atoms. The van der Waals surface area contributed by atoms with Crippen molar-refractivity contribution in [3.05, 3.63) is 0 Å². The average Bonchev–Trinajstić information content (AvgIpc) is 2.66. The zero-order valence-corrected chi connectivity index (χ0v) is 18.9. The number of urea groups is 1. The van der Waals surface area contributed by atoms with E-state index >= 15 is 0 Å². The van der Waals surface area contributed by atoms with Gasteiger partial charge in [0.1, 0.15) is 0 Å². The standard InChI is InChI=1S/C27H42N2O/c30-25(28-24-4-2-1-3-5-24)29(26-12-18-6-19(13-26)8-20(7-18)14-26)27-15-21-9-22(16-27)11-23(10-21)17-27/h18-24H,1-17H2,(H,28,30). The van der Waals surface area contributed by atoms with Crippen molar-refractivity contribution in [1.82, 2.24) is 10.2 Å². The number of rotatable bonds is 3. The highest BCUT2D eigenvalue weighted by Crippen LogP contribution is 2.64. The van der Waals surface area contributed by atoms with Gasteiger partial charge < -0.3 is 10.2 Å². The molecule has 0 aromatic carbocycles. The van der Waals surface area contributed by atoms with Crippen LogP contribution in [0.25, 0.3) is 0 Å². The molecule has 3 heteroatoms. The summed E-state index contributed by atoms with van der Waals surface area (Å²) >= 11 is 0. The third-order valence-electron chi connectivity index (χ3n) is 11.1. The van der Waals surface area contributed by atoms with Crippen LogP contribution in [-0.4, -0.2) is 28.1 Å². The molecule has 0 heterocycles. The van der Waals surface area contributed by atoms with Crippen molar-refractivity contribution in [2.45, 2.75) is 126 Å². The largest absolute Gasteiger partial charge is 0.335 e. The summed E-state index contributed by atoms with van der Waals surface area (Å²) in [5, 5.41) is 3.66. The van der Waals surface area contributed by atoms with Crippen molar-refractivity contribution in [2.24, 2.45) is 35.5 Å². The van der Waals surface area contributed by atoms with E-state index in [0.717, 1.165) is 35.5 Å². The molecule has 30 heavy (non-hydrogen) atoms. The fourth-order valence-electron chi connectivity index (χ4n) is 11.1. The van der Waals surface area contributed by atoms with E-state index in [1.165, 1.54) is 109 Å². The van der Waals surface area contributed by atoms with Crippen LogP contribution in [0.2, 0.25) is 0 Å². The van der Waals surface area contributed by atoms with Crippen LogP contribution in [0.15, 0.2) is 0 Å². The maximum Gasteiger partial charge on any atom is 0.318 e. The molecular weight excluding hydrogens is 368 g/mol. The molecular formula is C27H42N2O. The molecule has 166 valence electrons. The highest BCUT2D eigenvalue weighted by atomic mass is 16.2. The van der Waals surface area contributed by atoms with Crippen LogP contribution in [0.3, 0.4) is 0 Å². The highest BCUT2D eigenvalue weighted by Gasteiger charge is 2.63. The summed E-state index contributed by atoms with van der Waals surface area (Å²) in [4.78, 5) is 16.9. The van der Waals surface area contributed by atoms with Gasteiger partial charge in [0.05, 0.1) is 0 Å². The number of hydrogen-bond donors (Lipinski definition) is 1. The number of nitrogens with zero attached hydrogens (tertiary/aromatic N) is 1. The van der Waals surface area contributed by atoms with Gasteiger partial charge in [-0.1, -0.05) is 19.3 Å². The zero-order chi connectivity index (χ0) is 19.9. The minimum absolute atomic E-state index is 0.208. The first kappa shape index (κ1) is 18.8. The second kappa shape index (κ2) is 6.64. The molecule has 2 amide bonds. The summed E-state index contributed by atoms with van der Waals surface area (Å²) in [7, 11) is 0. The van der Waals surface area contributed by atoms with Gasteiger partial charge in [0.25, 0.3) is 0 Å². The third-order valence-corrected chi connectivity index (χ3v) is 11.1. The van der Waals surface area contributed by atoms with E-state index in [2.05, 4.69) is 10.2 Å². The normalized spacial score (nSPS) is 51.3. The van der Waals surface area contributed by atoms with Crippen molar-refractivity contribution >= 4 is 6.03 Å². The number of hydrogen-bond acceptors (Lipinski definition) is 1. The number of carbonyl (C=O) groups excluding carboxylic acids is 1. The Bertz CT molecular complexity index is 593. The molecule has 3 nitrogen and oxygen atoms in total. The van der Waals surface area contributed by atoms with Gasteiger partial charge in [-0.15, -0.1) is 0 Å². The molecule has 9 aliphatic carbocycles. The Labute approximate surface area is 183 Å². The molecule has 0 aliphatic heterocycles. The summed E-state index contributed by atoms with van der Waals surface area (Å²) < 4.78 is 0. The summed E-state index contributed by atoms with van der Waals surface area (Å²) in [6.45, 7) is 0. The van der Waals surface area contributed by atoms with E-state index in [-0.39, 0.29) is 11.1 Å². The van der Waals surface area contributed by atoms with Gasteiger partial charge in [-0.25, -0.2) is 4.79 Å². The van der Waals surface area contributed by atoms with E-state index in [9.17, 15) is 4.79 Å². The monoisotopic (exact) mass is 410 g/mol. The second-order valence-corrected chi connectivity index (χ2v) is 13.4. The fourth-order valence-corrected chi connectivity index (χ4v) is 11.1. The van der Waals surface area contributed by atoms with E-state index in [1.54, 1.807) is 0 Å². The number of carbonyl (C=O) groups is 1. The first-order valence-corrected chi connectivity index (χ1v) is 13.7. The smallest absolute Gasteiger partial charge is 0.318 e. The molecule has 0 atom stereocenters. The zero-order valence-electron chi connectivity index (χ0n) is 18.9. The van der Waals surface area contributed by atoms with Gasteiger partial charge in [0.2, 0.25) is 0 Å². The Kier molecular flexibility index (Phi) is 4.16. The third kappa shape index (κ3) is 2.85. The SMILES string of the molecule is O=C(NC1CCCCC1)N(C12CC3CC(CC(C3)C1)C2)C12CC3CC(CC(C3)C1)C2. The van der Waals surface area contributed by atoms with Gasteiger partial charge in [0, 0.05) is 17.1 Å². The fraction of sp³-hybridized carbons (Fsp3) is 0.963. The van der Waals surface area contributed by atoms with E-state index in [1.807, 2.05) is 0 Å². The topological polar surface area (TPSA) is 32.3 Å². The lowest BCUT2D eigenvalue weighted by atomic mass is 9.48. The van der Waals surface area contributed by atoms with Crippen LogP contribution in [0, 0.1) is 35.5 Å². The van der Waals surface area contributed by atoms with Gasteiger partial charge >= 0.3 is 6.03 Å². The lowest BCUT2D eigenvalue weighted by molar-refractivity contribution is -0.154. The lowest BCUT2D eigenvalue weighted by Crippen LogP contribution is -2.73. The molecule has 9 fully saturated rings. The predicted octanol–water partition coefficient (Wildman–Crippen LogP) is 6.27. The first-order valence-electron chi connectivity index (χ1n) is 13.7. The molecule has 9 rings (SSSR count). The van der Waals surface area contributed by atoms with Gasteiger partial charge in [-0.05, 0) is 125 Å².